The van der Waals surface area contributed by atoms with Crippen molar-refractivity contribution in [2.24, 2.45) is 0 Å². The number of rotatable bonds is 5. The summed E-state index contributed by atoms with van der Waals surface area (Å²) >= 11 is 13.4. The van der Waals surface area contributed by atoms with E-state index in [4.69, 9.17) is 28.9 Å². The molecule has 6 nitrogen and oxygen atoms in total. The van der Waals surface area contributed by atoms with Crippen molar-refractivity contribution in [2.75, 3.05) is 11.1 Å². The van der Waals surface area contributed by atoms with E-state index in [1.54, 1.807) is 30.5 Å². The first-order valence-electron chi connectivity index (χ1n) is 6.86. The molecule has 0 saturated carbocycles. The van der Waals surface area contributed by atoms with Gasteiger partial charge in [0.05, 0.1) is 10.8 Å². The lowest BCUT2D eigenvalue weighted by Gasteiger charge is -2.07. The summed E-state index contributed by atoms with van der Waals surface area (Å²) in [5, 5.41) is 5.02. The summed E-state index contributed by atoms with van der Waals surface area (Å²) < 4.78 is 0. The lowest BCUT2D eigenvalue weighted by molar-refractivity contribution is 0.979. The van der Waals surface area contributed by atoms with Crippen LogP contribution in [0.15, 0.2) is 47.6 Å². The van der Waals surface area contributed by atoms with Crippen LogP contribution in [-0.2, 0) is 5.75 Å². The second kappa shape index (κ2) is 7.65. The van der Waals surface area contributed by atoms with E-state index in [1.165, 1.54) is 11.8 Å². The van der Waals surface area contributed by atoms with E-state index in [2.05, 4.69) is 25.3 Å². The second-order valence-corrected chi connectivity index (χ2v) is 6.45. The highest BCUT2D eigenvalue weighted by Gasteiger charge is 2.08. The first-order valence-corrected chi connectivity index (χ1v) is 8.60. The molecular formula is C15H12Cl2N6S. The molecule has 0 radical (unpaired) electrons. The van der Waals surface area contributed by atoms with Crippen molar-refractivity contribution >= 4 is 52.5 Å². The van der Waals surface area contributed by atoms with Crippen LogP contribution < -0.4 is 11.1 Å². The summed E-state index contributed by atoms with van der Waals surface area (Å²) in [6.07, 6.45) is 1.68. The minimum absolute atomic E-state index is 0.143. The average molecular weight is 379 g/mol. The maximum Gasteiger partial charge on any atom is 0.232 e. The highest BCUT2D eigenvalue weighted by atomic mass is 35.5. The quantitative estimate of drug-likeness (QED) is 0.643. The number of anilines is 3. The molecule has 0 fully saturated rings. The molecule has 0 saturated heterocycles. The lowest BCUT2D eigenvalue weighted by atomic mass is 10.3. The number of pyridine rings is 1. The fourth-order valence-corrected chi connectivity index (χ4v) is 2.98. The Bertz CT molecular complexity index is 844. The van der Waals surface area contributed by atoms with Crippen molar-refractivity contribution in [1.82, 2.24) is 19.9 Å². The zero-order valence-electron chi connectivity index (χ0n) is 12.3. The molecule has 2 aromatic heterocycles. The fraction of sp³-hybridized carbons (Fsp3) is 0.0667. The van der Waals surface area contributed by atoms with Gasteiger partial charge in [-0.2, -0.15) is 15.0 Å². The van der Waals surface area contributed by atoms with Gasteiger partial charge >= 0.3 is 0 Å². The van der Waals surface area contributed by atoms with Crippen LogP contribution in [0.5, 0.6) is 0 Å². The molecule has 0 spiro atoms. The van der Waals surface area contributed by atoms with Gasteiger partial charge in [0.25, 0.3) is 0 Å². The number of hydrogen-bond acceptors (Lipinski definition) is 7. The molecule has 1 aromatic carbocycles. The summed E-state index contributed by atoms with van der Waals surface area (Å²) in [5.74, 6) is 1.51. The average Bonchev–Trinajstić information content (AvgIpc) is 2.56. The predicted octanol–water partition coefficient (Wildman–Crippen LogP) is 4.19. The highest BCUT2D eigenvalue weighted by molar-refractivity contribution is 7.98. The van der Waals surface area contributed by atoms with Gasteiger partial charge in [-0.25, -0.2) is 4.98 Å². The van der Waals surface area contributed by atoms with Gasteiger partial charge in [-0.1, -0.05) is 35.0 Å². The summed E-state index contributed by atoms with van der Waals surface area (Å²) in [5.41, 5.74) is 6.56. The molecule has 9 heteroatoms. The Hall–Kier alpha value is -2.09. The maximum atomic E-state index is 6.09. The molecule has 3 aromatic rings. The summed E-state index contributed by atoms with van der Waals surface area (Å²) in [7, 11) is 0. The van der Waals surface area contributed by atoms with Crippen LogP contribution in [0.1, 0.15) is 5.82 Å². The minimum Gasteiger partial charge on any atom is -0.368 e. The third kappa shape index (κ3) is 4.47. The predicted molar refractivity (Wildman–Crippen MR) is 97.8 cm³/mol. The molecule has 2 heterocycles. The molecule has 0 atom stereocenters. The fourth-order valence-electron chi connectivity index (χ4n) is 1.83. The number of hydrogen-bond donors (Lipinski definition) is 2. The number of nitrogens with one attached hydrogen (secondary N) is 1. The molecule has 0 amide bonds. The van der Waals surface area contributed by atoms with Crippen LogP contribution >= 0.6 is 35.0 Å². The van der Waals surface area contributed by atoms with Gasteiger partial charge in [0.1, 0.15) is 10.9 Å². The third-order valence-electron chi connectivity index (χ3n) is 2.86. The van der Waals surface area contributed by atoms with Crippen molar-refractivity contribution in [3.05, 3.63) is 58.5 Å². The second-order valence-electron chi connectivity index (χ2n) is 4.64. The van der Waals surface area contributed by atoms with Gasteiger partial charge in [-0.15, -0.1) is 0 Å². The molecule has 0 unspecified atom stereocenters. The first-order chi connectivity index (χ1) is 11.6. The van der Waals surface area contributed by atoms with Crippen LogP contribution in [0, 0.1) is 0 Å². The Morgan fingerprint density at radius 1 is 1.04 bits per heavy atom. The maximum absolute atomic E-state index is 6.09. The number of aromatic nitrogens is 4. The Balaban J connectivity index is 1.74. The Morgan fingerprint density at radius 3 is 2.58 bits per heavy atom. The summed E-state index contributed by atoms with van der Waals surface area (Å²) in [4.78, 5) is 16.8. The molecule has 0 aliphatic rings. The largest absolute Gasteiger partial charge is 0.368 e. The smallest absolute Gasteiger partial charge is 0.232 e. The van der Waals surface area contributed by atoms with E-state index in [1.807, 2.05) is 12.1 Å². The molecule has 3 rings (SSSR count). The van der Waals surface area contributed by atoms with Crippen molar-refractivity contribution in [2.45, 2.75) is 10.8 Å². The van der Waals surface area contributed by atoms with Crippen molar-refractivity contribution in [1.29, 1.82) is 0 Å². The number of nitrogens with two attached hydrogens (primary N) is 1. The van der Waals surface area contributed by atoms with Crippen LogP contribution in [0.25, 0.3) is 0 Å². The molecule has 122 valence electrons. The van der Waals surface area contributed by atoms with Crippen LogP contribution in [0.3, 0.4) is 0 Å². The molecule has 0 aliphatic heterocycles. The Labute approximate surface area is 152 Å². The SMILES string of the molecule is Nc1nc(CSc2ncccc2Cl)nc(Nc2ccc(Cl)cc2)n1. The monoisotopic (exact) mass is 378 g/mol. The van der Waals surface area contributed by atoms with Gasteiger partial charge in [0, 0.05) is 16.9 Å². The summed E-state index contributed by atoms with van der Waals surface area (Å²) in [6, 6.07) is 10.8. The van der Waals surface area contributed by atoms with Crippen molar-refractivity contribution in [3.8, 4) is 0 Å². The summed E-state index contributed by atoms with van der Waals surface area (Å²) in [6.45, 7) is 0. The van der Waals surface area contributed by atoms with Gasteiger partial charge in [-0.05, 0) is 36.4 Å². The van der Waals surface area contributed by atoms with E-state index in [0.29, 0.717) is 32.6 Å². The lowest BCUT2D eigenvalue weighted by Crippen LogP contribution is -2.06. The van der Waals surface area contributed by atoms with E-state index >= 15 is 0 Å². The van der Waals surface area contributed by atoms with Crippen LogP contribution in [0.4, 0.5) is 17.6 Å². The van der Waals surface area contributed by atoms with Crippen LogP contribution in [0.2, 0.25) is 10.0 Å². The highest BCUT2D eigenvalue weighted by Crippen LogP contribution is 2.26. The van der Waals surface area contributed by atoms with Crippen molar-refractivity contribution < 1.29 is 0 Å². The van der Waals surface area contributed by atoms with Crippen LogP contribution in [-0.4, -0.2) is 19.9 Å². The molecule has 24 heavy (non-hydrogen) atoms. The van der Waals surface area contributed by atoms with Gasteiger partial charge in [0.2, 0.25) is 11.9 Å². The molecule has 0 bridgehead atoms. The van der Waals surface area contributed by atoms with Gasteiger partial charge < -0.3 is 11.1 Å². The van der Waals surface area contributed by atoms with E-state index < -0.39 is 0 Å². The normalized spacial score (nSPS) is 10.6. The van der Waals surface area contributed by atoms with Crippen molar-refractivity contribution in [3.63, 3.8) is 0 Å². The zero-order chi connectivity index (χ0) is 16.9. The Morgan fingerprint density at radius 2 is 1.83 bits per heavy atom. The van der Waals surface area contributed by atoms with E-state index in [9.17, 15) is 0 Å². The zero-order valence-corrected chi connectivity index (χ0v) is 14.6. The molecule has 3 N–H and O–H groups in total. The Kier molecular flexibility index (Phi) is 5.34. The number of thioether (sulfide) groups is 1. The molecule has 0 aliphatic carbocycles. The number of nitrogen functional groups attached to an aromatic ring is 1. The number of benzene rings is 1. The number of halogens is 2. The van der Waals surface area contributed by atoms with E-state index in [0.717, 1.165) is 5.69 Å². The van der Waals surface area contributed by atoms with Gasteiger partial charge in [0.15, 0.2) is 0 Å². The first kappa shape index (κ1) is 16.8. The topological polar surface area (TPSA) is 89.6 Å². The van der Waals surface area contributed by atoms with E-state index in [-0.39, 0.29) is 5.95 Å². The minimum atomic E-state index is 0.143. The molecular weight excluding hydrogens is 367 g/mol. The third-order valence-corrected chi connectivity index (χ3v) is 4.53. The number of nitrogens with zero attached hydrogens (tertiary/aromatic N) is 4. The standard InChI is InChI=1S/C15H12Cl2N6S/c16-9-3-5-10(6-4-9)20-15-22-12(21-14(18)23-15)8-24-13-11(17)2-1-7-19-13/h1-7H,8H2,(H3,18,20,21,22,23). The van der Waals surface area contributed by atoms with Gasteiger partial charge in [-0.3, -0.25) is 0 Å².